The Balaban J connectivity index is 1.69. The Morgan fingerprint density at radius 3 is 2.57 bits per heavy atom. The zero-order valence-corrected chi connectivity index (χ0v) is 16.4. The second-order valence-corrected chi connectivity index (χ2v) is 7.58. The van der Waals surface area contributed by atoms with Gasteiger partial charge in [0.1, 0.15) is 11.1 Å². The Labute approximate surface area is 170 Å². The van der Waals surface area contributed by atoms with Crippen molar-refractivity contribution in [3.63, 3.8) is 0 Å². The molecule has 144 valence electrons. The number of amidine groups is 1. The van der Waals surface area contributed by atoms with Crippen LogP contribution in [0.5, 0.6) is 0 Å². The normalized spacial score (nSPS) is 18.7. The third-order valence-electron chi connectivity index (χ3n) is 3.83. The number of amides is 2. The summed E-state index contributed by atoms with van der Waals surface area (Å²) in [6.45, 7) is 1.72. The lowest BCUT2D eigenvalue weighted by atomic mass is 10.1. The predicted molar refractivity (Wildman–Crippen MR) is 110 cm³/mol. The van der Waals surface area contributed by atoms with Crippen molar-refractivity contribution < 1.29 is 14.0 Å². The van der Waals surface area contributed by atoms with E-state index in [-0.39, 0.29) is 29.2 Å². The van der Waals surface area contributed by atoms with Crippen molar-refractivity contribution in [2.24, 2.45) is 10.2 Å². The van der Waals surface area contributed by atoms with E-state index in [1.54, 1.807) is 43.3 Å². The van der Waals surface area contributed by atoms with Gasteiger partial charge >= 0.3 is 0 Å². The molecule has 0 aliphatic carbocycles. The molecule has 0 aromatic heterocycles. The van der Waals surface area contributed by atoms with Crippen LogP contribution in [0.2, 0.25) is 5.02 Å². The Morgan fingerprint density at radius 1 is 1.21 bits per heavy atom. The van der Waals surface area contributed by atoms with E-state index >= 15 is 0 Å². The minimum atomic E-state index is -0.635. The SMILES string of the molecule is C/C(=N/N=C1/NC(=O)C[C@H](C(=O)Nc2ccc(Cl)cc2)S1)c1ccc(F)cc1. The van der Waals surface area contributed by atoms with Gasteiger partial charge in [0.25, 0.3) is 0 Å². The molecule has 1 aliphatic heterocycles. The van der Waals surface area contributed by atoms with Gasteiger partial charge in [0.15, 0.2) is 5.17 Å². The molecule has 3 rings (SSSR count). The quantitative estimate of drug-likeness (QED) is 0.585. The molecule has 2 N–H and O–H groups in total. The van der Waals surface area contributed by atoms with Gasteiger partial charge in [0, 0.05) is 17.1 Å². The standard InChI is InChI=1S/C19H16ClFN4O2S/c1-11(12-2-6-14(21)7-3-12)24-25-19-23-17(26)10-16(28-19)18(27)22-15-8-4-13(20)5-9-15/h2-9,16H,10H2,1H3,(H,22,27)(H,23,25,26)/b24-11-/t16-/m1/s1. The number of thioether (sulfide) groups is 1. The van der Waals surface area contributed by atoms with Crippen molar-refractivity contribution in [1.29, 1.82) is 0 Å². The number of carbonyl (C=O) groups excluding carboxylic acids is 2. The van der Waals surface area contributed by atoms with Crippen LogP contribution in [-0.2, 0) is 9.59 Å². The van der Waals surface area contributed by atoms with Crippen LogP contribution in [0.3, 0.4) is 0 Å². The van der Waals surface area contributed by atoms with Crippen molar-refractivity contribution in [2.45, 2.75) is 18.6 Å². The fourth-order valence-corrected chi connectivity index (χ4v) is 3.42. The monoisotopic (exact) mass is 418 g/mol. The number of rotatable bonds is 4. The van der Waals surface area contributed by atoms with Gasteiger partial charge in [-0.15, -0.1) is 5.10 Å². The molecule has 1 atom stereocenters. The van der Waals surface area contributed by atoms with E-state index in [1.165, 1.54) is 12.1 Å². The van der Waals surface area contributed by atoms with E-state index in [9.17, 15) is 14.0 Å². The average molecular weight is 419 g/mol. The molecule has 0 bridgehead atoms. The highest BCUT2D eigenvalue weighted by Crippen LogP contribution is 2.23. The first-order valence-electron chi connectivity index (χ1n) is 8.32. The van der Waals surface area contributed by atoms with E-state index < -0.39 is 5.25 Å². The summed E-state index contributed by atoms with van der Waals surface area (Å²) in [6, 6.07) is 12.5. The Hall–Kier alpha value is -2.71. The van der Waals surface area contributed by atoms with Crippen LogP contribution in [-0.4, -0.2) is 27.9 Å². The van der Waals surface area contributed by atoms with Crippen molar-refractivity contribution in [1.82, 2.24) is 5.32 Å². The molecule has 1 heterocycles. The number of nitrogens with one attached hydrogen (secondary N) is 2. The molecular formula is C19H16ClFN4O2S. The maximum Gasteiger partial charge on any atom is 0.238 e. The first kappa shape index (κ1) is 20.0. The van der Waals surface area contributed by atoms with Crippen molar-refractivity contribution in [3.8, 4) is 0 Å². The van der Waals surface area contributed by atoms with Gasteiger partial charge in [-0.3, -0.25) is 9.59 Å². The Bertz CT molecular complexity index is 945. The van der Waals surface area contributed by atoms with Gasteiger partial charge in [-0.05, 0) is 48.9 Å². The molecule has 2 aromatic rings. The molecule has 28 heavy (non-hydrogen) atoms. The summed E-state index contributed by atoms with van der Waals surface area (Å²) in [5.74, 6) is -0.968. The Morgan fingerprint density at radius 2 is 1.89 bits per heavy atom. The molecule has 1 fully saturated rings. The molecule has 2 amide bonds. The number of hydrogen-bond donors (Lipinski definition) is 2. The lowest BCUT2D eigenvalue weighted by molar-refractivity contribution is -0.123. The van der Waals surface area contributed by atoms with Crippen LogP contribution in [0, 0.1) is 5.82 Å². The van der Waals surface area contributed by atoms with Crippen LogP contribution in [0.4, 0.5) is 10.1 Å². The van der Waals surface area contributed by atoms with E-state index in [1.807, 2.05) is 0 Å². The fraction of sp³-hybridized carbons (Fsp3) is 0.158. The number of benzene rings is 2. The molecular weight excluding hydrogens is 403 g/mol. The number of hydrogen-bond acceptors (Lipinski definition) is 5. The largest absolute Gasteiger partial charge is 0.325 e. The van der Waals surface area contributed by atoms with E-state index in [2.05, 4.69) is 20.8 Å². The summed E-state index contributed by atoms with van der Waals surface area (Å²) < 4.78 is 13.0. The summed E-state index contributed by atoms with van der Waals surface area (Å²) in [4.78, 5) is 24.4. The first-order valence-corrected chi connectivity index (χ1v) is 9.57. The topological polar surface area (TPSA) is 82.9 Å². The molecule has 0 radical (unpaired) electrons. The third-order valence-corrected chi connectivity index (χ3v) is 5.15. The first-order chi connectivity index (χ1) is 13.4. The van der Waals surface area contributed by atoms with Crippen LogP contribution in [0.1, 0.15) is 18.9 Å². The van der Waals surface area contributed by atoms with Gasteiger partial charge in [0.05, 0.1) is 5.71 Å². The summed E-state index contributed by atoms with van der Waals surface area (Å²) in [5, 5.41) is 13.6. The van der Waals surface area contributed by atoms with Gasteiger partial charge in [0.2, 0.25) is 11.8 Å². The van der Waals surface area contributed by atoms with E-state index in [4.69, 9.17) is 11.6 Å². The molecule has 0 saturated carbocycles. The van der Waals surface area contributed by atoms with Crippen molar-refractivity contribution in [2.75, 3.05) is 5.32 Å². The summed E-state index contributed by atoms with van der Waals surface area (Å²) in [7, 11) is 0. The number of halogens is 2. The second kappa shape index (κ2) is 8.99. The fourth-order valence-electron chi connectivity index (χ4n) is 2.36. The molecule has 6 nitrogen and oxygen atoms in total. The van der Waals surface area contributed by atoms with E-state index in [0.717, 1.165) is 11.8 Å². The molecule has 2 aromatic carbocycles. The summed E-state index contributed by atoms with van der Waals surface area (Å²) in [6.07, 6.45) is 0.0315. The minimum absolute atomic E-state index is 0.0315. The molecule has 1 saturated heterocycles. The molecule has 0 spiro atoms. The highest BCUT2D eigenvalue weighted by molar-refractivity contribution is 8.15. The van der Waals surface area contributed by atoms with Crippen LogP contribution >= 0.6 is 23.4 Å². The zero-order chi connectivity index (χ0) is 20.1. The average Bonchev–Trinajstić information content (AvgIpc) is 2.68. The van der Waals surface area contributed by atoms with Gasteiger partial charge in [-0.25, -0.2) is 4.39 Å². The van der Waals surface area contributed by atoms with Crippen LogP contribution in [0.25, 0.3) is 0 Å². The van der Waals surface area contributed by atoms with E-state index in [0.29, 0.717) is 22.0 Å². The molecule has 1 aliphatic rings. The van der Waals surface area contributed by atoms with Crippen molar-refractivity contribution >= 4 is 51.7 Å². The predicted octanol–water partition coefficient (Wildman–Crippen LogP) is 3.82. The number of anilines is 1. The lowest BCUT2D eigenvalue weighted by Crippen LogP contribution is -2.41. The number of nitrogens with zero attached hydrogens (tertiary/aromatic N) is 2. The molecule has 0 unspecified atom stereocenters. The maximum atomic E-state index is 13.0. The Kier molecular flexibility index (Phi) is 6.43. The van der Waals surface area contributed by atoms with Crippen LogP contribution in [0.15, 0.2) is 58.7 Å². The third kappa shape index (κ3) is 5.40. The van der Waals surface area contributed by atoms with Crippen LogP contribution < -0.4 is 10.6 Å². The van der Waals surface area contributed by atoms with Crippen molar-refractivity contribution in [3.05, 3.63) is 64.9 Å². The summed E-state index contributed by atoms with van der Waals surface area (Å²) >= 11 is 6.95. The molecule has 9 heteroatoms. The highest BCUT2D eigenvalue weighted by atomic mass is 35.5. The highest BCUT2D eigenvalue weighted by Gasteiger charge is 2.30. The van der Waals surface area contributed by atoms with Gasteiger partial charge in [-0.1, -0.05) is 35.5 Å². The van der Waals surface area contributed by atoms with Gasteiger partial charge < -0.3 is 10.6 Å². The van der Waals surface area contributed by atoms with Gasteiger partial charge in [-0.2, -0.15) is 5.10 Å². The lowest BCUT2D eigenvalue weighted by Gasteiger charge is -2.21. The zero-order valence-electron chi connectivity index (χ0n) is 14.8. The minimum Gasteiger partial charge on any atom is -0.325 e. The second-order valence-electron chi connectivity index (χ2n) is 5.95. The smallest absolute Gasteiger partial charge is 0.238 e. The number of carbonyl (C=O) groups is 2. The maximum absolute atomic E-state index is 13.0. The summed E-state index contributed by atoms with van der Waals surface area (Å²) in [5.41, 5.74) is 1.84.